The first-order valence-corrected chi connectivity index (χ1v) is 13.9. The zero-order valence-electron chi connectivity index (χ0n) is 23.2. The maximum atomic E-state index is 15.3. The Morgan fingerprint density at radius 2 is 1.50 bits per heavy atom. The Morgan fingerprint density at radius 1 is 0.900 bits per heavy atom. The Hall–Kier alpha value is -3.97. The van der Waals surface area contributed by atoms with Gasteiger partial charge in [0.15, 0.2) is 0 Å². The lowest BCUT2D eigenvalue weighted by Gasteiger charge is -2.37. The van der Waals surface area contributed by atoms with E-state index in [0.717, 1.165) is 54.5 Å². The number of rotatable bonds is 7. The lowest BCUT2D eigenvalue weighted by Crippen LogP contribution is -2.46. The van der Waals surface area contributed by atoms with E-state index in [1.54, 1.807) is 12.1 Å². The molecule has 0 bridgehead atoms. The lowest BCUT2D eigenvalue weighted by molar-refractivity contribution is 0.0696. The molecule has 8 heteroatoms. The molecular weight excluding hydrogens is 527 g/mol. The monoisotopic (exact) mass is 560 g/mol. The normalized spacial score (nSPS) is 13.7. The first-order chi connectivity index (χ1) is 19.2. The molecule has 3 aromatic carbocycles. The Balaban J connectivity index is 1.55. The van der Waals surface area contributed by atoms with Crippen molar-refractivity contribution >= 4 is 34.6 Å². The molecule has 2 N–H and O–H groups in total. The van der Waals surface area contributed by atoms with E-state index in [1.165, 1.54) is 12.1 Å². The topological polar surface area (TPSA) is 60.7 Å². The second-order valence-corrected chi connectivity index (χ2v) is 10.9. The second-order valence-electron chi connectivity index (χ2n) is 10.4. The minimum Gasteiger partial charge on any atom is -0.478 e. The highest BCUT2D eigenvalue weighted by molar-refractivity contribution is 6.30. The Labute approximate surface area is 239 Å². The van der Waals surface area contributed by atoms with Gasteiger partial charge in [-0.3, -0.25) is 0 Å². The number of aromatic carboxylic acids is 1. The fourth-order valence-corrected chi connectivity index (χ4v) is 5.88. The van der Waals surface area contributed by atoms with E-state index in [2.05, 4.69) is 39.4 Å². The maximum absolute atomic E-state index is 15.3. The van der Waals surface area contributed by atoms with Gasteiger partial charge in [-0.25, -0.2) is 9.18 Å². The van der Waals surface area contributed by atoms with Gasteiger partial charge in [0.05, 0.1) is 11.3 Å². The zero-order chi connectivity index (χ0) is 28.6. The van der Waals surface area contributed by atoms with Crippen molar-refractivity contribution in [2.45, 2.75) is 26.8 Å². The number of hydrogen-bond donors (Lipinski definition) is 2. The third-order valence-electron chi connectivity index (χ3n) is 7.64. The Morgan fingerprint density at radius 3 is 2.05 bits per heavy atom. The quantitative estimate of drug-likeness (QED) is 0.244. The number of carboxylic acid groups (broad SMARTS) is 1. The van der Waals surface area contributed by atoms with Crippen molar-refractivity contribution in [1.29, 1.82) is 0 Å². The van der Waals surface area contributed by atoms with E-state index in [9.17, 15) is 9.90 Å². The van der Waals surface area contributed by atoms with E-state index < -0.39 is 11.8 Å². The highest BCUT2D eigenvalue weighted by Gasteiger charge is 2.29. The average molecular weight is 561 g/mol. The van der Waals surface area contributed by atoms with Crippen molar-refractivity contribution < 1.29 is 14.3 Å². The smallest absolute Gasteiger partial charge is 0.338 e. The van der Waals surface area contributed by atoms with Crippen molar-refractivity contribution in [1.82, 2.24) is 4.57 Å². The molecule has 1 aliphatic heterocycles. The molecule has 2 heterocycles. The maximum Gasteiger partial charge on any atom is 0.338 e. The largest absolute Gasteiger partial charge is 0.478 e. The Kier molecular flexibility index (Phi) is 7.76. The van der Waals surface area contributed by atoms with Gasteiger partial charge in [-0.2, -0.15) is 0 Å². The van der Waals surface area contributed by atoms with Crippen LogP contribution in [0.1, 0.15) is 35.9 Å². The highest BCUT2D eigenvalue weighted by Crippen LogP contribution is 2.42. The molecule has 1 aliphatic rings. The van der Waals surface area contributed by atoms with Crippen LogP contribution < -0.4 is 15.1 Å². The molecule has 1 saturated heterocycles. The van der Waals surface area contributed by atoms with Crippen LogP contribution in [0.5, 0.6) is 0 Å². The number of nitrogens with one attached hydrogen (secondary N) is 1. The number of carboxylic acids is 1. The third-order valence-corrected chi connectivity index (χ3v) is 7.89. The number of anilines is 3. The number of aromatic nitrogens is 1. The van der Waals surface area contributed by atoms with Crippen molar-refractivity contribution in [3.8, 4) is 22.4 Å². The lowest BCUT2D eigenvalue weighted by atomic mass is 9.96. The summed E-state index contributed by atoms with van der Waals surface area (Å²) in [6.07, 6.45) is 0. The van der Waals surface area contributed by atoms with Crippen LogP contribution in [-0.2, 0) is 0 Å². The summed E-state index contributed by atoms with van der Waals surface area (Å²) in [7, 11) is 1.90. The summed E-state index contributed by atoms with van der Waals surface area (Å²) in [6.45, 7) is 8.88. The van der Waals surface area contributed by atoms with Crippen molar-refractivity contribution in [2.24, 2.45) is 0 Å². The first-order valence-electron chi connectivity index (χ1n) is 13.5. The second kappa shape index (κ2) is 11.3. The molecule has 6 nitrogen and oxygen atoms in total. The molecule has 0 aliphatic carbocycles. The zero-order valence-corrected chi connectivity index (χ0v) is 24.0. The van der Waals surface area contributed by atoms with Gasteiger partial charge in [0.25, 0.3) is 0 Å². The van der Waals surface area contributed by atoms with Gasteiger partial charge in [0, 0.05) is 72.6 Å². The van der Waals surface area contributed by atoms with Crippen LogP contribution in [-0.4, -0.2) is 48.9 Å². The van der Waals surface area contributed by atoms with Gasteiger partial charge in [-0.15, -0.1) is 0 Å². The van der Waals surface area contributed by atoms with Crippen LogP contribution in [0.3, 0.4) is 0 Å². The standard InChI is InChI=1S/C32H34ClFN4O2/c1-20(2)38-21(3)29(32(39)40)30(31(38)22-5-7-24(33)8-6-22)23-17-25(34)19-28(18-23)37-15-13-36(14-16-37)27-11-9-26(35-4)10-12-27/h5-12,17-20,35H,13-16H2,1-4H3,(H,39,40). The molecule has 5 rings (SSSR count). The first kappa shape index (κ1) is 27.6. The molecule has 0 saturated carbocycles. The Bertz CT molecular complexity index is 1520. The van der Waals surface area contributed by atoms with Crippen molar-refractivity contribution in [3.63, 3.8) is 0 Å². The minimum absolute atomic E-state index is 0.0131. The van der Waals surface area contributed by atoms with E-state index >= 15 is 4.39 Å². The summed E-state index contributed by atoms with van der Waals surface area (Å²) in [6, 6.07) is 20.6. The number of halogens is 2. The molecule has 0 radical (unpaired) electrons. The van der Waals surface area contributed by atoms with Crippen LogP contribution >= 0.6 is 11.6 Å². The average Bonchev–Trinajstić information content (AvgIpc) is 3.26. The molecule has 1 fully saturated rings. The summed E-state index contributed by atoms with van der Waals surface area (Å²) in [5, 5.41) is 14.1. The van der Waals surface area contributed by atoms with Crippen LogP contribution in [0.4, 0.5) is 21.5 Å². The highest BCUT2D eigenvalue weighted by atomic mass is 35.5. The fraction of sp³-hybridized carbons (Fsp3) is 0.281. The molecule has 0 spiro atoms. The summed E-state index contributed by atoms with van der Waals surface area (Å²) in [4.78, 5) is 17.1. The number of hydrogen-bond acceptors (Lipinski definition) is 4. The molecule has 0 unspecified atom stereocenters. The fourth-order valence-electron chi connectivity index (χ4n) is 5.75. The summed E-state index contributed by atoms with van der Waals surface area (Å²) >= 11 is 6.17. The number of benzene rings is 3. The van der Waals surface area contributed by atoms with Gasteiger partial charge in [0.2, 0.25) is 0 Å². The van der Waals surface area contributed by atoms with Crippen molar-refractivity contribution in [2.75, 3.05) is 48.3 Å². The van der Waals surface area contributed by atoms with Crippen LogP contribution in [0.2, 0.25) is 5.02 Å². The van der Waals surface area contributed by atoms with E-state index in [0.29, 0.717) is 21.8 Å². The summed E-state index contributed by atoms with van der Waals surface area (Å²) in [5.74, 6) is -1.43. The van der Waals surface area contributed by atoms with Crippen molar-refractivity contribution in [3.05, 3.63) is 88.8 Å². The molecule has 208 valence electrons. The summed E-state index contributed by atoms with van der Waals surface area (Å²) in [5.41, 5.74) is 6.41. The molecule has 0 atom stereocenters. The number of nitrogens with zero attached hydrogens (tertiary/aromatic N) is 3. The molecule has 1 aromatic heterocycles. The van der Waals surface area contributed by atoms with Gasteiger partial charge >= 0.3 is 5.97 Å². The SMILES string of the molecule is CNc1ccc(N2CCN(c3cc(F)cc(-c4c(C(=O)O)c(C)n(C(C)C)c4-c4ccc(Cl)cc4)c3)CC2)cc1. The van der Waals surface area contributed by atoms with E-state index in [1.807, 2.05) is 50.6 Å². The van der Waals surface area contributed by atoms with Gasteiger partial charge in [-0.1, -0.05) is 23.7 Å². The molecule has 40 heavy (non-hydrogen) atoms. The predicted octanol–water partition coefficient (Wildman–Crippen LogP) is 7.57. The van der Waals surface area contributed by atoms with Crippen LogP contribution in [0.15, 0.2) is 66.7 Å². The molecular formula is C32H34ClFN4O2. The van der Waals surface area contributed by atoms with Gasteiger partial charge < -0.3 is 24.8 Å². The number of carbonyl (C=O) groups is 1. The number of piperazine rings is 1. The molecule has 0 amide bonds. The third kappa shape index (κ3) is 5.26. The van der Waals surface area contributed by atoms with E-state index in [-0.39, 0.29) is 11.6 Å². The molecule has 4 aromatic rings. The van der Waals surface area contributed by atoms with Gasteiger partial charge in [0.1, 0.15) is 5.82 Å². The van der Waals surface area contributed by atoms with E-state index in [4.69, 9.17) is 11.6 Å². The van der Waals surface area contributed by atoms with Gasteiger partial charge in [-0.05, 0) is 86.5 Å². The minimum atomic E-state index is -1.04. The van der Waals surface area contributed by atoms with Crippen LogP contribution in [0, 0.1) is 12.7 Å². The predicted molar refractivity (Wildman–Crippen MR) is 163 cm³/mol. The summed E-state index contributed by atoms with van der Waals surface area (Å²) < 4.78 is 17.3. The van der Waals surface area contributed by atoms with Crippen LogP contribution in [0.25, 0.3) is 22.4 Å².